The third kappa shape index (κ3) is 2.97. The average Bonchev–Trinajstić information content (AvgIpc) is 2.92. The van der Waals surface area contributed by atoms with Crippen LogP contribution >= 0.6 is 0 Å². The van der Waals surface area contributed by atoms with Crippen LogP contribution < -0.4 is 5.32 Å². The quantitative estimate of drug-likeness (QED) is 0.846. The molecule has 1 aromatic carbocycles. The van der Waals surface area contributed by atoms with Gasteiger partial charge in [-0.15, -0.1) is 0 Å². The van der Waals surface area contributed by atoms with Crippen molar-refractivity contribution in [2.24, 2.45) is 0 Å². The van der Waals surface area contributed by atoms with Crippen LogP contribution in [0, 0.1) is 0 Å². The van der Waals surface area contributed by atoms with E-state index >= 15 is 0 Å². The molecule has 2 aromatic rings. The van der Waals surface area contributed by atoms with E-state index in [0.29, 0.717) is 0 Å². The first-order valence-electron chi connectivity index (χ1n) is 6.16. The monoisotopic (exact) mass is 245 g/mol. The van der Waals surface area contributed by atoms with Crippen molar-refractivity contribution in [3.63, 3.8) is 0 Å². The Labute approximate surface area is 107 Å². The molecule has 1 aromatic heterocycles. The zero-order valence-electron chi connectivity index (χ0n) is 10.7. The number of aliphatic hydroxyl groups is 1. The molecule has 0 radical (unpaired) electrons. The van der Waals surface area contributed by atoms with E-state index in [1.54, 1.807) is 12.5 Å². The lowest BCUT2D eigenvalue weighted by atomic mass is 10.1. The molecule has 0 aliphatic carbocycles. The summed E-state index contributed by atoms with van der Waals surface area (Å²) >= 11 is 0. The Bertz CT molecular complexity index is 464. The van der Waals surface area contributed by atoms with Crippen LogP contribution in [0.3, 0.4) is 0 Å². The zero-order chi connectivity index (χ0) is 13.0. The van der Waals surface area contributed by atoms with Crippen molar-refractivity contribution in [3.8, 4) is 5.69 Å². The fourth-order valence-electron chi connectivity index (χ4n) is 1.92. The molecule has 0 spiro atoms. The second kappa shape index (κ2) is 5.80. The van der Waals surface area contributed by atoms with Crippen molar-refractivity contribution in [2.75, 3.05) is 6.61 Å². The highest BCUT2D eigenvalue weighted by atomic mass is 16.3. The highest BCUT2D eigenvalue weighted by molar-refractivity contribution is 5.35. The van der Waals surface area contributed by atoms with Crippen LogP contribution in [0.15, 0.2) is 43.0 Å². The molecule has 0 saturated carbocycles. The summed E-state index contributed by atoms with van der Waals surface area (Å²) in [5.74, 6) is 0. The fourth-order valence-corrected chi connectivity index (χ4v) is 1.92. The van der Waals surface area contributed by atoms with Gasteiger partial charge in [0, 0.05) is 30.2 Å². The molecule has 1 heterocycles. The predicted molar refractivity (Wildman–Crippen MR) is 71.7 cm³/mol. The van der Waals surface area contributed by atoms with Crippen molar-refractivity contribution < 1.29 is 5.11 Å². The van der Waals surface area contributed by atoms with E-state index < -0.39 is 0 Å². The van der Waals surface area contributed by atoms with Gasteiger partial charge < -0.3 is 15.0 Å². The summed E-state index contributed by atoms with van der Waals surface area (Å²) in [6.07, 6.45) is 5.47. The van der Waals surface area contributed by atoms with Gasteiger partial charge in [0.05, 0.1) is 12.9 Å². The van der Waals surface area contributed by atoms with E-state index in [2.05, 4.69) is 41.5 Å². The van der Waals surface area contributed by atoms with Gasteiger partial charge in [0.25, 0.3) is 0 Å². The molecular formula is C14H19N3O. The maximum absolute atomic E-state index is 9.03. The van der Waals surface area contributed by atoms with Crippen LogP contribution in [0.1, 0.15) is 25.5 Å². The summed E-state index contributed by atoms with van der Waals surface area (Å²) in [6, 6.07) is 8.66. The molecule has 96 valence electrons. The second-order valence-corrected chi connectivity index (χ2v) is 4.53. The Morgan fingerprint density at radius 3 is 2.56 bits per heavy atom. The average molecular weight is 245 g/mol. The van der Waals surface area contributed by atoms with E-state index in [0.717, 1.165) is 5.69 Å². The van der Waals surface area contributed by atoms with Gasteiger partial charge >= 0.3 is 0 Å². The molecule has 4 heteroatoms. The van der Waals surface area contributed by atoms with Crippen molar-refractivity contribution in [2.45, 2.75) is 25.9 Å². The number of aliphatic hydroxyl groups excluding tert-OH is 1. The van der Waals surface area contributed by atoms with Crippen molar-refractivity contribution in [1.82, 2.24) is 14.9 Å². The second-order valence-electron chi connectivity index (χ2n) is 4.53. The van der Waals surface area contributed by atoms with Crippen LogP contribution in [0.5, 0.6) is 0 Å². The van der Waals surface area contributed by atoms with Crippen molar-refractivity contribution >= 4 is 0 Å². The number of imidazole rings is 1. The molecule has 4 nitrogen and oxygen atoms in total. The van der Waals surface area contributed by atoms with E-state index in [9.17, 15) is 0 Å². The third-order valence-electron chi connectivity index (χ3n) is 3.00. The molecule has 0 fully saturated rings. The summed E-state index contributed by atoms with van der Waals surface area (Å²) in [5.41, 5.74) is 2.30. The van der Waals surface area contributed by atoms with Gasteiger partial charge in [0.15, 0.2) is 0 Å². The summed E-state index contributed by atoms with van der Waals surface area (Å²) in [7, 11) is 0. The Hall–Kier alpha value is -1.65. The summed E-state index contributed by atoms with van der Waals surface area (Å²) in [4.78, 5) is 4.03. The minimum absolute atomic E-state index is 0.105. The molecule has 2 N–H and O–H groups in total. The number of nitrogens with one attached hydrogen (secondary N) is 1. The molecule has 2 rings (SSSR count). The molecule has 0 bridgehead atoms. The number of benzene rings is 1. The molecular weight excluding hydrogens is 226 g/mol. The van der Waals surface area contributed by atoms with Gasteiger partial charge in [-0.3, -0.25) is 0 Å². The molecule has 0 amide bonds. The number of hydrogen-bond donors (Lipinski definition) is 2. The zero-order valence-corrected chi connectivity index (χ0v) is 10.7. The minimum atomic E-state index is 0.105. The van der Waals surface area contributed by atoms with Crippen molar-refractivity contribution in [3.05, 3.63) is 48.5 Å². The number of nitrogens with zero attached hydrogens (tertiary/aromatic N) is 2. The van der Waals surface area contributed by atoms with E-state index in [-0.39, 0.29) is 18.7 Å². The Morgan fingerprint density at radius 2 is 2.00 bits per heavy atom. The van der Waals surface area contributed by atoms with Crippen LogP contribution in [0.25, 0.3) is 5.69 Å². The van der Waals surface area contributed by atoms with Gasteiger partial charge in [-0.1, -0.05) is 12.1 Å². The maximum Gasteiger partial charge on any atom is 0.0991 e. The van der Waals surface area contributed by atoms with Crippen molar-refractivity contribution in [1.29, 1.82) is 0 Å². The Kier molecular flexibility index (Phi) is 4.12. The Morgan fingerprint density at radius 1 is 1.28 bits per heavy atom. The summed E-state index contributed by atoms with van der Waals surface area (Å²) in [6.45, 7) is 4.21. The number of rotatable bonds is 5. The maximum atomic E-state index is 9.03. The smallest absolute Gasteiger partial charge is 0.0991 e. The first-order chi connectivity index (χ1) is 8.70. The molecule has 0 aliphatic rings. The molecule has 0 aliphatic heterocycles. The van der Waals surface area contributed by atoms with Gasteiger partial charge in [-0.2, -0.15) is 0 Å². The first kappa shape index (κ1) is 12.8. The van der Waals surface area contributed by atoms with Crippen LogP contribution in [0.4, 0.5) is 0 Å². The fraction of sp³-hybridized carbons (Fsp3) is 0.357. The lowest BCUT2D eigenvalue weighted by Crippen LogP contribution is -2.31. The first-order valence-corrected chi connectivity index (χ1v) is 6.16. The van der Waals surface area contributed by atoms with Gasteiger partial charge in [-0.25, -0.2) is 4.98 Å². The number of hydrogen-bond acceptors (Lipinski definition) is 3. The summed E-state index contributed by atoms with van der Waals surface area (Å²) < 4.78 is 1.97. The topological polar surface area (TPSA) is 50.1 Å². The van der Waals surface area contributed by atoms with Crippen LogP contribution in [-0.4, -0.2) is 27.3 Å². The number of aromatic nitrogens is 2. The SMILES string of the molecule is CC(CO)NC(C)c1ccc(-n2ccnc2)cc1. The van der Waals surface area contributed by atoms with Gasteiger partial charge in [0.2, 0.25) is 0 Å². The highest BCUT2D eigenvalue weighted by Crippen LogP contribution is 2.16. The Balaban J connectivity index is 2.08. The lowest BCUT2D eigenvalue weighted by molar-refractivity contribution is 0.243. The molecule has 2 atom stereocenters. The normalized spacial score (nSPS) is 14.4. The van der Waals surface area contributed by atoms with Gasteiger partial charge in [0.1, 0.15) is 0 Å². The highest BCUT2D eigenvalue weighted by Gasteiger charge is 2.08. The van der Waals surface area contributed by atoms with E-state index in [4.69, 9.17) is 5.11 Å². The van der Waals surface area contributed by atoms with E-state index in [1.165, 1.54) is 5.56 Å². The third-order valence-corrected chi connectivity index (χ3v) is 3.00. The van der Waals surface area contributed by atoms with Crippen LogP contribution in [-0.2, 0) is 0 Å². The predicted octanol–water partition coefficient (Wildman–Crippen LogP) is 1.90. The standard InChI is InChI=1S/C14H19N3O/c1-11(9-18)16-12(2)13-3-5-14(6-4-13)17-8-7-15-10-17/h3-8,10-12,16,18H,9H2,1-2H3. The summed E-state index contributed by atoms with van der Waals surface area (Å²) in [5, 5.41) is 12.4. The molecule has 0 saturated heterocycles. The van der Waals surface area contributed by atoms with Gasteiger partial charge in [-0.05, 0) is 31.5 Å². The van der Waals surface area contributed by atoms with Crippen LogP contribution in [0.2, 0.25) is 0 Å². The molecule has 2 unspecified atom stereocenters. The minimum Gasteiger partial charge on any atom is -0.395 e. The lowest BCUT2D eigenvalue weighted by Gasteiger charge is -2.19. The van der Waals surface area contributed by atoms with E-state index in [1.807, 2.05) is 17.7 Å². The molecule has 18 heavy (non-hydrogen) atoms. The largest absolute Gasteiger partial charge is 0.395 e.